The lowest BCUT2D eigenvalue weighted by atomic mass is 9.78. The molecule has 0 saturated heterocycles. The Hall–Kier alpha value is -3.42. The highest BCUT2D eigenvalue weighted by atomic mass is 19.3. The molecule has 0 radical (unpaired) electrons. The van der Waals surface area contributed by atoms with Crippen LogP contribution in [0, 0.1) is 12.8 Å². The van der Waals surface area contributed by atoms with E-state index in [4.69, 9.17) is 9.40 Å². The Labute approximate surface area is 202 Å². The van der Waals surface area contributed by atoms with Gasteiger partial charge in [0.15, 0.2) is 0 Å². The smallest absolute Gasteiger partial charge is 0.314 e. The van der Waals surface area contributed by atoms with Crippen molar-refractivity contribution in [1.29, 1.82) is 0 Å². The van der Waals surface area contributed by atoms with E-state index >= 15 is 0 Å². The molecule has 1 unspecified atom stereocenters. The standard InChI is InChI=1S/C27H27F2N5O/c1-16-31-22-7-3-5-9-24(22)34(16)23-8-4-2-6-18(23)12-17-10-11-21-19(13-17)14-20(15-30-21)26-32-33-27(35-26)25(28)29/h3,5,7,9-10,14-15,18,23,25H,2,4,6,8,11-13H2,1H3/t18?,23-/m1/s1. The number of aryl methyl sites for hydroxylation is 1. The molecule has 180 valence electrons. The van der Waals surface area contributed by atoms with Crippen LogP contribution < -0.4 is 0 Å². The van der Waals surface area contributed by atoms with Crippen LogP contribution >= 0.6 is 0 Å². The van der Waals surface area contributed by atoms with Gasteiger partial charge in [0.25, 0.3) is 5.89 Å². The molecular formula is C27H27F2N5O. The zero-order valence-electron chi connectivity index (χ0n) is 19.6. The van der Waals surface area contributed by atoms with Gasteiger partial charge in [-0.15, -0.1) is 10.2 Å². The minimum absolute atomic E-state index is 0.0847. The molecule has 6 nitrogen and oxygen atoms in total. The molecule has 3 aromatic heterocycles. The van der Waals surface area contributed by atoms with Crippen LogP contribution in [0.25, 0.3) is 22.5 Å². The van der Waals surface area contributed by atoms with Gasteiger partial charge in [0.05, 0.1) is 16.6 Å². The number of imidazole rings is 1. The second-order valence-corrected chi connectivity index (χ2v) is 9.65. The van der Waals surface area contributed by atoms with Crippen molar-refractivity contribution >= 4 is 11.0 Å². The summed E-state index contributed by atoms with van der Waals surface area (Å²) in [6, 6.07) is 10.8. The molecule has 0 N–H and O–H groups in total. The molecule has 2 aliphatic rings. The summed E-state index contributed by atoms with van der Waals surface area (Å²) in [7, 11) is 0. The number of alkyl halides is 2. The average Bonchev–Trinajstić information content (AvgIpc) is 3.49. The number of nitrogens with zero attached hydrogens (tertiary/aromatic N) is 5. The van der Waals surface area contributed by atoms with Crippen LogP contribution in [0.1, 0.15) is 67.5 Å². The number of halogens is 2. The third kappa shape index (κ3) is 4.15. The SMILES string of the molecule is Cc1nc2ccccc2n1[C@@H]1CCCCC1CC1=CCc2ncc(-c3nnc(C(F)F)o3)cc2C1. The van der Waals surface area contributed by atoms with Crippen LogP contribution in [0.4, 0.5) is 8.78 Å². The third-order valence-corrected chi connectivity index (χ3v) is 7.43. The van der Waals surface area contributed by atoms with Crippen molar-refractivity contribution in [2.24, 2.45) is 5.92 Å². The Morgan fingerprint density at radius 3 is 2.86 bits per heavy atom. The van der Waals surface area contributed by atoms with Crippen LogP contribution in [-0.4, -0.2) is 24.7 Å². The van der Waals surface area contributed by atoms with Gasteiger partial charge in [0.2, 0.25) is 5.89 Å². The summed E-state index contributed by atoms with van der Waals surface area (Å²) in [6.45, 7) is 2.12. The number of hydrogen-bond donors (Lipinski definition) is 0. The molecule has 35 heavy (non-hydrogen) atoms. The number of benzene rings is 1. The van der Waals surface area contributed by atoms with Crippen LogP contribution in [0.5, 0.6) is 0 Å². The molecule has 4 aromatic rings. The van der Waals surface area contributed by atoms with Gasteiger partial charge in [-0.25, -0.2) is 4.98 Å². The van der Waals surface area contributed by atoms with Gasteiger partial charge in [-0.2, -0.15) is 8.78 Å². The number of rotatable bonds is 5. The van der Waals surface area contributed by atoms with E-state index < -0.39 is 12.3 Å². The zero-order chi connectivity index (χ0) is 23.9. The molecule has 1 saturated carbocycles. The Kier molecular flexibility index (Phi) is 5.66. The number of hydrogen-bond acceptors (Lipinski definition) is 5. The number of pyridine rings is 1. The molecule has 0 amide bonds. The first-order valence-corrected chi connectivity index (χ1v) is 12.3. The summed E-state index contributed by atoms with van der Waals surface area (Å²) < 4.78 is 33.3. The van der Waals surface area contributed by atoms with Crippen LogP contribution in [0.2, 0.25) is 0 Å². The lowest BCUT2D eigenvalue weighted by molar-refractivity contribution is 0.116. The minimum Gasteiger partial charge on any atom is -0.415 e. The number of para-hydroxylation sites is 2. The van der Waals surface area contributed by atoms with Gasteiger partial charge >= 0.3 is 6.43 Å². The van der Waals surface area contributed by atoms with E-state index in [0.29, 0.717) is 17.5 Å². The van der Waals surface area contributed by atoms with Gasteiger partial charge in [-0.1, -0.05) is 36.6 Å². The van der Waals surface area contributed by atoms with E-state index in [1.54, 1.807) is 6.20 Å². The summed E-state index contributed by atoms with van der Waals surface area (Å²) in [4.78, 5) is 9.38. The second kappa shape index (κ2) is 8.98. The quantitative estimate of drug-likeness (QED) is 0.305. The summed E-state index contributed by atoms with van der Waals surface area (Å²) in [6.07, 6.45) is 8.67. The summed E-state index contributed by atoms with van der Waals surface area (Å²) in [5.74, 6) is 1.06. The van der Waals surface area contributed by atoms with Crippen LogP contribution in [0.15, 0.2) is 52.6 Å². The Morgan fingerprint density at radius 1 is 1.14 bits per heavy atom. The molecule has 0 aliphatic heterocycles. The fourth-order valence-corrected chi connectivity index (χ4v) is 5.83. The van der Waals surface area contributed by atoms with Crippen molar-refractivity contribution in [3.63, 3.8) is 0 Å². The van der Waals surface area contributed by atoms with Crippen LogP contribution in [0.3, 0.4) is 0 Å². The van der Waals surface area contributed by atoms with Crippen molar-refractivity contribution in [3.05, 3.63) is 71.2 Å². The Morgan fingerprint density at radius 2 is 2.00 bits per heavy atom. The lowest BCUT2D eigenvalue weighted by Crippen LogP contribution is -2.25. The second-order valence-electron chi connectivity index (χ2n) is 9.65. The Balaban J connectivity index is 1.24. The molecule has 8 heteroatoms. The maximum Gasteiger partial charge on any atom is 0.314 e. The molecule has 0 bridgehead atoms. The van der Waals surface area contributed by atoms with Crippen molar-refractivity contribution in [2.75, 3.05) is 0 Å². The van der Waals surface area contributed by atoms with E-state index in [1.165, 1.54) is 36.8 Å². The van der Waals surface area contributed by atoms with Gasteiger partial charge in [0, 0.05) is 24.4 Å². The first kappa shape index (κ1) is 22.1. The molecule has 6 rings (SSSR count). The van der Waals surface area contributed by atoms with Crippen molar-refractivity contribution in [3.8, 4) is 11.5 Å². The molecule has 3 heterocycles. The average molecular weight is 476 g/mol. The first-order valence-electron chi connectivity index (χ1n) is 12.3. The summed E-state index contributed by atoms with van der Waals surface area (Å²) in [5, 5.41) is 7.23. The monoisotopic (exact) mass is 475 g/mol. The first-order chi connectivity index (χ1) is 17.1. The van der Waals surface area contributed by atoms with E-state index in [9.17, 15) is 8.78 Å². The van der Waals surface area contributed by atoms with Crippen molar-refractivity contribution < 1.29 is 13.2 Å². The lowest BCUT2D eigenvalue weighted by Gasteiger charge is -2.35. The molecule has 1 aromatic carbocycles. The number of fused-ring (bicyclic) bond motifs is 2. The van der Waals surface area contributed by atoms with Gasteiger partial charge in [-0.05, 0) is 62.3 Å². The third-order valence-electron chi connectivity index (χ3n) is 7.43. The molecule has 1 fully saturated rings. The predicted molar refractivity (Wildman–Crippen MR) is 128 cm³/mol. The molecule has 2 atom stereocenters. The van der Waals surface area contributed by atoms with Crippen molar-refractivity contribution in [1.82, 2.24) is 24.7 Å². The topological polar surface area (TPSA) is 69.6 Å². The normalized spacial score (nSPS) is 20.3. The molecular weight excluding hydrogens is 448 g/mol. The Bertz CT molecular complexity index is 1410. The predicted octanol–water partition coefficient (Wildman–Crippen LogP) is 6.57. The van der Waals surface area contributed by atoms with E-state index in [2.05, 4.69) is 50.9 Å². The molecule has 0 spiro atoms. The minimum atomic E-state index is -2.78. The largest absolute Gasteiger partial charge is 0.415 e. The fraction of sp³-hybridized carbons (Fsp3) is 0.407. The summed E-state index contributed by atoms with van der Waals surface area (Å²) in [5.41, 5.74) is 6.40. The highest BCUT2D eigenvalue weighted by molar-refractivity contribution is 5.76. The molecule has 2 aliphatic carbocycles. The van der Waals surface area contributed by atoms with Gasteiger partial charge < -0.3 is 8.98 Å². The number of allylic oxidation sites excluding steroid dienone is 2. The summed E-state index contributed by atoms with van der Waals surface area (Å²) >= 11 is 0. The maximum atomic E-state index is 12.9. The van der Waals surface area contributed by atoms with E-state index in [1.807, 2.05) is 12.1 Å². The van der Waals surface area contributed by atoms with Gasteiger partial charge in [0.1, 0.15) is 5.82 Å². The zero-order valence-corrected chi connectivity index (χ0v) is 19.6. The highest BCUT2D eigenvalue weighted by Crippen LogP contribution is 2.41. The highest BCUT2D eigenvalue weighted by Gasteiger charge is 2.30. The van der Waals surface area contributed by atoms with Crippen LogP contribution in [-0.2, 0) is 12.8 Å². The fourth-order valence-electron chi connectivity index (χ4n) is 5.83. The maximum absolute atomic E-state index is 12.9. The van der Waals surface area contributed by atoms with Gasteiger partial charge in [-0.3, -0.25) is 4.98 Å². The van der Waals surface area contributed by atoms with Crippen molar-refractivity contribution in [2.45, 2.75) is 64.3 Å². The van der Waals surface area contributed by atoms with E-state index in [-0.39, 0.29) is 5.89 Å². The number of aromatic nitrogens is 5. The van der Waals surface area contributed by atoms with E-state index in [0.717, 1.165) is 41.9 Å².